The Morgan fingerprint density at radius 1 is 1.00 bits per heavy atom. The normalized spacial score (nSPS) is 12.8. The van der Waals surface area contributed by atoms with Gasteiger partial charge in [-0.1, -0.05) is 6.07 Å². The van der Waals surface area contributed by atoms with E-state index in [0.29, 0.717) is 22.8 Å². The van der Waals surface area contributed by atoms with E-state index < -0.39 is 4.92 Å². The van der Waals surface area contributed by atoms with Gasteiger partial charge in [0.2, 0.25) is 0 Å². The Morgan fingerprint density at radius 3 is 2.67 bits per heavy atom. The van der Waals surface area contributed by atoms with Crippen molar-refractivity contribution in [1.29, 1.82) is 0 Å². The Labute approximate surface area is 138 Å². The van der Waals surface area contributed by atoms with Crippen molar-refractivity contribution in [3.63, 3.8) is 0 Å². The van der Waals surface area contributed by atoms with Gasteiger partial charge in [-0.3, -0.25) is 10.1 Å². The molecular formula is C19H15NO4. The first-order valence-corrected chi connectivity index (χ1v) is 7.82. The molecule has 0 radical (unpaired) electrons. The highest BCUT2D eigenvalue weighted by Gasteiger charge is 2.15. The number of rotatable bonds is 4. The second-order valence-electron chi connectivity index (χ2n) is 5.84. The molecule has 5 nitrogen and oxygen atoms in total. The van der Waals surface area contributed by atoms with Crippen LogP contribution in [0, 0.1) is 10.1 Å². The molecule has 5 heteroatoms. The molecule has 1 aliphatic rings. The number of fused-ring (bicyclic) bond motifs is 1. The molecule has 0 aliphatic heterocycles. The van der Waals surface area contributed by atoms with E-state index >= 15 is 0 Å². The fourth-order valence-corrected chi connectivity index (χ4v) is 3.08. The zero-order valence-corrected chi connectivity index (χ0v) is 12.9. The largest absolute Gasteiger partial charge is 0.464 e. The third-order valence-corrected chi connectivity index (χ3v) is 4.21. The lowest BCUT2D eigenvalue weighted by Crippen LogP contribution is -1.92. The first-order chi connectivity index (χ1) is 11.7. The van der Waals surface area contributed by atoms with Crippen molar-refractivity contribution in [2.45, 2.75) is 19.3 Å². The molecule has 0 spiro atoms. The van der Waals surface area contributed by atoms with Crippen LogP contribution in [0.15, 0.2) is 59.2 Å². The molecule has 120 valence electrons. The second-order valence-corrected chi connectivity index (χ2v) is 5.84. The van der Waals surface area contributed by atoms with Crippen LogP contribution in [0.3, 0.4) is 0 Å². The molecule has 0 unspecified atom stereocenters. The number of nitrogens with zero attached hydrogens (tertiary/aromatic N) is 1. The Bertz CT molecular complexity index is 900. The summed E-state index contributed by atoms with van der Waals surface area (Å²) in [6.07, 6.45) is 4.86. The van der Waals surface area contributed by atoms with Crippen molar-refractivity contribution in [3.05, 3.63) is 76.0 Å². The summed E-state index contributed by atoms with van der Waals surface area (Å²) >= 11 is 0. The molecule has 24 heavy (non-hydrogen) atoms. The van der Waals surface area contributed by atoms with Crippen LogP contribution < -0.4 is 4.74 Å². The molecule has 2 aromatic carbocycles. The monoisotopic (exact) mass is 321 g/mol. The van der Waals surface area contributed by atoms with Crippen molar-refractivity contribution in [2.75, 3.05) is 0 Å². The van der Waals surface area contributed by atoms with Gasteiger partial charge < -0.3 is 9.15 Å². The van der Waals surface area contributed by atoms with E-state index in [1.807, 2.05) is 12.1 Å². The summed E-state index contributed by atoms with van der Waals surface area (Å²) < 4.78 is 11.2. The fraction of sp³-hybridized carbons (Fsp3) is 0.158. The number of aryl methyl sites for hydroxylation is 2. The van der Waals surface area contributed by atoms with E-state index in [4.69, 9.17) is 9.15 Å². The minimum absolute atomic E-state index is 0.0277. The molecule has 0 bridgehead atoms. The molecule has 0 atom stereocenters. The lowest BCUT2D eigenvalue weighted by molar-refractivity contribution is -0.384. The van der Waals surface area contributed by atoms with Gasteiger partial charge in [-0.25, -0.2) is 0 Å². The molecule has 0 saturated heterocycles. The number of nitro benzene ring substituents is 1. The maximum Gasteiger partial charge on any atom is 0.273 e. The van der Waals surface area contributed by atoms with Crippen LogP contribution in [0.1, 0.15) is 17.5 Å². The summed E-state index contributed by atoms with van der Waals surface area (Å²) in [4.78, 5) is 10.8. The molecule has 4 rings (SSSR count). The smallest absolute Gasteiger partial charge is 0.273 e. The molecule has 3 aromatic rings. The zero-order chi connectivity index (χ0) is 16.5. The SMILES string of the molecule is O=[N+]([O-])c1cc(Oc2ccc3c(c2)CCC3)cc(-c2ccco2)c1. The average Bonchev–Trinajstić information content (AvgIpc) is 3.25. The van der Waals surface area contributed by atoms with E-state index in [2.05, 4.69) is 6.07 Å². The standard InChI is InChI=1S/C19H15NO4/c21-20(22)16-9-15(19-5-2-8-23-19)11-18(12-16)24-17-7-6-13-3-1-4-14(13)10-17/h2,5-12H,1,3-4H2. The van der Waals surface area contributed by atoms with Gasteiger partial charge in [-0.05, 0) is 60.7 Å². The van der Waals surface area contributed by atoms with Gasteiger partial charge in [0.25, 0.3) is 5.69 Å². The summed E-state index contributed by atoms with van der Waals surface area (Å²) in [5.74, 6) is 1.69. The van der Waals surface area contributed by atoms with Crippen molar-refractivity contribution in [2.24, 2.45) is 0 Å². The Balaban J connectivity index is 1.70. The van der Waals surface area contributed by atoms with Gasteiger partial charge in [0.1, 0.15) is 17.3 Å². The van der Waals surface area contributed by atoms with E-state index in [1.54, 1.807) is 18.2 Å². The molecule has 0 N–H and O–H groups in total. The molecule has 1 aromatic heterocycles. The zero-order valence-electron chi connectivity index (χ0n) is 12.9. The quantitative estimate of drug-likeness (QED) is 0.493. The molecule has 0 saturated carbocycles. The highest BCUT2D eigenvalue weighted by atomic mass is 16.6. The van der Waals surface area contributed by atoms with Crippen LogP contribution in [0.25, 0.3) is 11.3 Å². The second kappa shape index (κ2) is 5.85. The number of non-ortho nitro benzene ring substituents is 1. The number of hydrogen-bond acceptors (Lipinski definition) is 4. The highest BCUT2D eigenvalue weighted by Crippen LogP contribution is 2.34. The van der Waals surface area contributed by atoms with Crippen LogP contribution >= 0.6 is 0 Å². The van der Waals surface area contributed by atoms with Crippen LogP contribution in [-0.2, 0) is 12.8 Å². The van der Waals surface area contributed by atoms with Gasteiger partial charge in [-0.2, -0.15) is 0 Å². The minimum atomic E-state index is -0.429. The van der Waals surface area contributed by atoms with Crippen molar-refractivity contribution in [1.82, 2.24) is 0 Å². The number of ether oxygens (including phenoxy) is 1. The van der Waals surface area contributed by atoms with Gasteiger partial charge in [0, 0.05) is 11.6 Å². The summed E-state index contributed by atoms with van der Waals surface area (Å²) in [6, 6.07) is 14.2. The number of hydrogen-bond donors (Lipinski definition) is 0. The predicted octanol–water partition coefficient (Wildman–Crippen LogP) is 5.14. The summed E-state index contributed by atoms with van der Waals surface area (Å²) in [5.41, 5.74) is 3.24. The first-order valence-electron chi connectivity index (χ1n) is 7.82. The van der Waals surface area contributed by atoms with Crippen molar-refractivity contribution < 1.29 is 14.1 Å². The summed E-state index contributed by atoms with van der Waals surface area (Å²) in [7, 11) is 0. The number of benzene rings is 2. The fourth-order valence-electron chi connectivity index (χ4n) is 3.08. The van der Waals surface area contributed by atoms with E-state index in [9.17, 15) is 10.1 Å². The number of furan rings is 1. The number of nitro groups is 1. The molecule has 0 amide bonds. The Hall–Kier alpha value is -3.08. The van der Waals surface area contributed by atoms with Gasteiger partial charge in [0.05, 0.1) is 17.3 Å². The lowest BCUT2D eigenvalue weighted by atomic mass is 10.1. The molecular weight excluding hydrogens is 306 g/mol. The van der Waals surface area contributed by atoms with E-state index in [-0.39, 0.29) is 5.69 Å². The lowest BCUT2D eigenvalue weighted by Gasteiger charge is -2.09. The van der Waals surface area contributed by atoms with Gasteiger partial charge >= 0.3 is 0 Å². The van der Waals surface area contributed by atoms with Crippen molar-refractivity contribution in [3.8, 4) is 22.8 Å². The van der Waals surface area contributed by atoms with Crippen molar-refractivity contribution >= 4 is 5.69 Å². The first kappa shape index (κ1) is 14.5. The van der Waals surface area contributed by atoms with Crippen LogP contribution in [0.5, 0.6) is 11.5 Å². The maximum atomic E-state index is 11.2. The molecule has 1 heterocycles. The van der Waals surface area contributed by atoms with Crippen LogP contribution in [0.2, 0.25) is 0 Å². The third kappa shape index (κ3) is 2.76. The average molecular weight is 321 g/mol. The van der Waals surface area contributed by atoms with E-state index in [1.165, 1.54) is 29.5 Å². The van der Waals surface area contributed by atoms with Gasteiger partial charge in [-0.15, -0.1) is 0 Å². The Kier molecular flexibility index (Phi) is 3.54. The summed E-state index contributed by atoms with van der Waals surface area (Å²) in [5, 5.41) is 11.2. The molecule has 1 aliphatic carbocycles. The van der Waals surface area contributed by atoms with Crippen LogP contribution in [0.4, 0.5) is 5.69 Å². The predicted molar refractivity (Wildman–Crippen MR) is 89.3 cm³/mol. The summed E-state index contributed by atoms with van der Waals surface area (Å²) in [6.45, 7) is 0. The van der Waals surface area contributed by atoms with Crippen LogP contribution in [-0.4, -0.2) is 4.92 Å². The highest BCUT2D eigenvalue weighted by molar-refractivity contribution is 5.64. The molecule has 0 fully saturated rings. The van der Waals surface area contributed by atoms with E-state index in [0.717, 1.165) is 19.3 Å². The maximum absolute atomic E-state index is 11.2. The Morgan fingerprint density at radius 2 is 1.88 bits per heavy atom. The van der Waals surface area contributed by atoms with Gasteiger partial charge in [0.15, 0.2) is 0 Å². The minimum Gasteiger partial charge on any atom is -0.464 e. The topological polar surface area (TPSA) is 65.5 Å². The third-order valence-electron chi connectivity index (χ3n) is 4.21.